The predicted octanol–water partition coefficient (Wildman–Crippen LogP) is -4.12. The minimum absolute atomic E-state index is 0.691. The molecule has 0 aromatic rings. The third kappa shape index (κ3) is 7.04. The third-order valence-electron chi connectivity index (χ3n) is 2.77. The van der Waals surface area contributed by atoms with Crippen molar-refractivity contribution in [3.63, 3.8) is 0 Å². The monoisotopic (exact) mass is 334 g/mol. The van der Waals surface area contributed by atoms with Gasteiger partial charge in [0.2, 0.25) is 17.7 Å². The zero-order valence-electron chi connectivity index (χ0n) is 12.8. The van der Waals surface area contributed by atoms with Crippen molar-refractivity contribution in [2.75, 3.05) is 13.2 Å². The Morgan fingerprint density at radius 1 is 0.870 bits per heavy atom. The highest BCUT2D eigenvalue weighted by Gasteiger charge is 2.28. The predicted molar refractivity (Wildman–Crippen MR) is 76.9 cm³/mol. The molecule has 0 saturated heterocycles. The Hall–Kier alpha value is -2.24. The topological polar surface area (TPSA) is 191 Å². The molecule has 0 spiro atoms. The van der Waals surface area contributed by atoms with Crippen LogP contribution >= 0.6 is 0 Å². The van der Waals surface area contributed by atoms with Gasteiger partial charge in [-0.25, -0.2) is 0 Å². The molecular formula is C12H22N4O7. The van der Waals surface area contributed by atoms with Crippen LogP contribution in [0.3, 0.4) is 0 Å². The smallest absolute Gasteiger partial charge is 0.325 e. The van der Waals surface area contributed by atoms with E-state index in [4.69, 9.17) is 21.1 Å². The van der Waals surface area contributed by atoms with Crippen LogP contribution in [0, 0.1) is 0 Å². The summed E-state index contributed by atoms with van der Waals surface area (Å²) in [7, 11) is 0. The second kappa shape index (κ2) is 9.71. The van der Waals surface area contributed by atoms with Gasteiger partial charge in [0.25, 0.3) is 0 Å². The van der Waals surface area contributed by atoms with Crippen LogP contribution in [0.25, 0.3) is 0 Å². The molecule has 11 heteroatoms. The van der Waals surface area contributed by atoms with E-state index in [1.165, 1.54) is 13.8 Å². The Labute approximate surface area is 132 Å². The largest absolute Gasteiger partial charge is 0.480 e. The van der Waals surface area contributed by atoms with Crippen LogP contribution in [0.15, 0.2) is 0 Å². The fourth-order valence-corrected chi connectivity index (χ4v) is 1.34. The molecule has 0 aliphatic rings. The fraction of sp³-hybridized carbons (Fsp3) is 0.667. The van der Waals surface area contributed by atoms with Crippen LogP contribution in [-0.2, 0) is 19.2 Å². The molecule has 0 aliphatic carbocycles. The third-order valence-corrected chi connectivity index (χ3v) is 2.77. The first-order chi connectivity index (χ1) is 10.6. The van der Waals surface area contributed by atoms with Crippen molar-refractivity contribution in [1.82, 2.24) is 16.0 Å². The number of carboxylic acids is 1. The average Bonchev–Trinajstić information content (AvgIpc) is 2.48. The lowest BCUT2D eigenvalue weighted by atomic mass is 10.2. The van der Waals surface area contributed by atoms with E-state index in [1.807, 2.05) is 0 Å². The first-order valence-corrected chi connectivity index (χ1v) is 6.75. The summed E-state index contributed by atoms with van der Waals surface area (Å²) in [5, 5.41) is 33.3. The molecule has 23 heavy (non-hydrogen) atoms. The maximum atomic E-state index is 11.9. The summed E-state index contributed by atoms with van der Waals surface area (Å²) >= 11 is 0. The number of carboxylic acid groups (broad SMARTS) is 1. The lowest BCUT2D eigenvalue weighted by Crippen LogP contribution is -2.58. The van der Waals surface area contributed by atoms with Crippen LogP contribution < -0.4 is 21.7 Å². The second-order valence-electron chi connectivity index (χ2n) is 4.84. The molecule has 4 atom stereocenters. The van der Waals surface area contributed by atoms with Crippen LogP contribution in [0.5, 0.6) is 0 Å². The molecule has 4 unspecified atom stereocenters. The van der Waals surface area contributed by atoms with Gasteiger partial charge in [0.15, 0.2) is 0 Å². The molecule has 11 nitrogen and oxygen atoms in total. The Bertz CT molecular complexity index is 455. The Balaban J connectivity index is 4.76. The summed E-state index contributed by atoms with van der Waals surface area (Å²) in [4.78, 5) is 45.7. The van der Waals surface area contributed by atoms with Crippen molar-refractivity contribution < 1.29 is 34.5 Å². The first kappa shape index (κ1) is 20.8. The molecule has 0 heterocycles. The molecule has 0 aliphatic heterocycles. The van der Waals surface area contributed by atoms with Crippen molar-refractivity contribution >= 4 is 23.7 Å². The van der Waals surface area contributed by atoms with E-state index < -0.39 is 61.1 Å². The Morgan fingerprint density at radius 3 is 1.61 bits per heavy atom. The minimum atomic E-state index is -1.44. The van der Waals surface area contributed by atoms with E-state index in [9.17, 15) is 19.2 Å². The van der Waals surface area contributed by atoms with Gasteiger partial charge in [-0.15, -0.1) is 0 Å². The number of hydrogen-bond acceptors (Lipinski definition) is 7. The van der Waals surface area contributed by atoms with Gasteiger partial charge < -0.3 is 37.0 Å². The maximum absolute atomic E-state index is 11.9. The molecule has 0 bridgehead atoms. The van der Waals surface area contributed by atoms with Gasteiger partial charge in [-0.05, 0) is 13.8 Å². The molecule has 0 aromatic heterocycles. The highest BCUT2D eigenvalue weighted by Crippen LogP contribution is 1.92. The zero-order chi connectivity index (χ0) is 18.2. The number of aliphatic hydroxyl groups excluding tert-OH is 2. The quantitative estimate of drug-likeness (QED) is 0.221. The number of nitrogens with one attached hydrogen (secondary N) is 3. The number of aliphatic hydroxyl groups is 2. The van der Waals surface area contributed by atoms with Gasteiger partial charge in [0.1, 0.15) is 18.1 Å². The lowest BCUT2D eigenvalue weighted by molar-refractivity contribution is -0.142. The van der Waals surface area contributed by atoms with E-state index in [0.717, 1.165) is 0 Å². The molecule has 0 aromatic carbocycles. The average molecular weight is 334 g/mol. The fourth-order valence-electron chi connectivity index (χ4n) is 1.34. The maximum Gasteiger partial charge on any atom is 0.325 e. The van der Waals surface area contributed by atoms with Crippen LogP contribution in [0.1, 0.15) is 13.8 Å². The number of amides is 3. The van der Waals surface area contributed by atoms with Crippen LogP contribution in [0.2, 0.25) is 0 Å². The van der Waals surface area contributed by atoms with Crippen LogP contribution in [-0.4, -0.2) is 76.4 Å². The first-order valence-electron chi connectivity index (χ1n) is 6.75. The number of carbonyl (C=O) groups is 4. The molecule has 132 valence electrons. The van der Waals surface area contributed by atoms with Gasteiger partial charge in [-0.2, -0.15) is 0 Å². The minimum Gasteiger partial charge on any atom is -0.480 e. The molecular weight excluding hydrogens is 312 g/mol. The Morgan fingerprint density at radius 2 is 1.26 bits per heavy atom. The summed E-state index contributed by atoms with van der Waals surface area (Å²) in [5.74, 6) is -3.84. The molecule has 0 saturated carbocycles. The van der Waals surface area contributed by atoms with Gasteiger partial charge >= 0.3 is 5.97 Å². The van der Waals surface area contributed by atoms with E-state index in [-0.39, 0.29) is 0 Å². The summed E-state index contributed by atoms with van der Waals surface area (Å²) < 4.78 is 0. The van der Waals surface area contributed by atoms with E-state index in [2.05, 4.69) is 16.0 Å². The molecule has 8 N–H and O–H groups in total. The van der Waals surface area contributed by atoms with Crippen molar-refractivity contribution in [3.05, 3.63) is 0 Å². The number of hydrogen-bond donors (Lipinski definition) is 7. The summed E-state index contributed by atoms with van der Waals surface area (Å²) in [5.41, 5.74) is 5.31. The molecule has 0 radical (unpaired) electrons. The van der Waals surface area contributed by atoms with Crippen molar-refractivity contribution in [2.45, 2.75) is 38.0 Å². The summed E-state index contributed by atoms with van der Waals surface area (Å²) in [6, 6.07) is -4.94. The highest BCUT2D eigenvalue weighted by atomic mass is 16.4. The van der Waals surface area contributed by atoms with E-state index >= 15 is 0 Å². The Kier molecular flexibility index (Phi) is 8.77. The van der Waals surface area contributed by atoms with Gasteiger partial charge in [0, 0.05) is 0 Å². The standard InChI is InChI=1S/C12H22N4O7/c1-5(13)9(19)15-8(4-18)11(21)16-7(3-17)10(20)14-6(2)12(22)23/h5-8,17-18H,3-4,13H2,1-2H3,(H,14,20)(H,15,19)(H,16,21)(H,22,23). The van der Waals surface area contributed by atoms with Gasteiger partial charge in [-0.3, -0.25) is 19.2 Å². The second-order valence-corrected chi connectivity index (χ2v) is 4.84. The lowest BCUT2D eigenvalue weighted by Gasteiger charge is -2.22. The molecule has 3 amide bonds. The number of nitrogens with two attached hydrogens (primary N) is 1. The van der Waals surface area contributed by atoms with Crippen molar-refractivity contribution in [2.24, 2.45) is 5.73 Å². The number of carbonyl (C=O) groups excluding carboxylic acids is 3. The summed E-state index contributed by atoms with van der Waals surface area (Å²) in [6.45, 7) is 1.02. The van der Waals surface area contributed by atoms with Gasteiger partial charge in [-0.1, -0.05) is 0 Å². The van der Waals surface area contributed by atoms with E-state index in [1.54, 1.807) is 0 Å². The van der Waals surface area contributed by atoms with Crippen LogP contribution in [0.4, 0.5) is 0 Å². The SMILES string of the molecule is CC(N)C(=O)NC(CO)C(=O)NC(CO)C(=O)NC(C)C(=O)O. The van der Waals surface area contributed by atoms with Crippen molar-refractivity contribution in [1.29, 1.82) is 0 Å². The zero-order valence-corrected chi connectivity index (χ0v) is 12.8. The number of rotatable bonds is 9. The normalized spacial score (nSPS) is 15.7. The highest BCUT2D eigenvalue weighted by molar-refractivity contribution is 5.94. The van der Waals surface area contributed by atoms with Crippen molar-refractivity contribution in [3.8, 4) is 0 Å². The summed E-state index contributed by atoms with van der Waals surface area (Å²) in [6.07, 6.45) is 0. The van der Waals surface area contributed by atoms with Gasteiger partial charge in [0.05, 0.1) is 19.3 Å². The van der Waals surface area contributed by atoms with E-state index in [0.29, 0.717) is 0 Å². The number of aliphatic carboxylic acids is 1. The molecule has 0 rings (SSSR count). The molecule has 0 fully saturated rings.